The number of sulfone groups is 1. The number of nitrogens with zero attached hydrogens (tertiary/aromatic N) is 1. The Hall–Kier alpha value is -1.36. The maximum Gasteiger partial charge on any atom is 0.254 e. The molecule has 0 unspecified atom stereocenters. The van der Waals surface area contributed by atoms with E-state index < -0.39 is 9.84 Å². The van der Waals surface area contributed by atoms with Crippen LogP contribution in [0.4, 0.5) is 0 Å². The van der Waals surface area contributed by atoms with Gasteiger partial charge in [0.1, 0.15) is 0 Å². The van der Waals surface area contributed by atoms with Crippen molar-refractivity contribution in [3.63, 3.8) is 0 Å². The monoisotopic (exact) mass is 309 g/mol. The first kappa shape index (κ1) is 16.0. The molecular weight excluding hydrogens is 286 g/mol. The maximum atomic E-state index is 12.7. The predicted octanol–water partition coefficient (Wildman–Crippen LogP) is 2.42. The van der Waals surface area contributed by atoms with Gasteiger partial charge in [-0.3, -0.25) is 4.79 Å². The zero-order valence-electron chi connectivity index (χ0n) is 12.7. The minimum absolute atomic E-state index is 0.0504. The molecule has 1 aromatic rings. The molecule has 0 radical (unpaired) electrons. The highest BCUT2D eigenvalue weighted by molar-refractivity contribution is 7.91. The van der Waals surface area contributed by atoms with Crippen molar-refractivity contribution in [2.75, 3.05) is 18.1 Å². The van der Waals surface area contributed by atoms with E-state index in [0.717, 1.165) is 18.4 Å². The average molecular weight is 309 g/mol. The standard InChI is InChI=1S/C16H23NO3S/c1-3-4-10-17(15-9-11-21(19,20)12-15)16(18)14-7-5-13(2)6-8-14/h5-8,15H,3-4,9-12H2,1-2H3/t15-/m1/s1. The molecule has 1 heterocycles. The number of carbonyl (C=O) groups is 1. The second-order valence-electron chi connectivity index (χ2n) is 5.77. The molecule has 2 rings (SSSR count). The van der Waals surface area contributed by atoms with Gasteiger partial charge in [-0.2, -0.15) is 0 Å². The molecule has 1 aliphatic heterocycles. The first-order valence-corrected chi connectivity index (χ1v) is 9.33. The summed E-state index contributed by atoms with van der Waals surface area (Å²) in [5.74, 6) is 0.251. The summed E-state index contributed by atoms with van der Waals surface area (Å²) in [6, 6.07) is 7.29. The van der Waals surface area contributed by atoms with Crippen molar-refractivity contribution in [1.82, 2.24) is 4.90 Å². The molecule has 1 atom stereocenters. The summed E-state index contributed by atoms with van der Waals surface area (Å²) in [6.07, 6.45) is 2.44. The average Bonchev–Trinajstić information content (AvgIpc) is 2.80. The highest BCUT2D eigenvalue weighted by Crippen LogP contribution is 2.21. The fraction of sp³-hybridized carbons (Fsp3) is 0.562. The molecule has 1 aromatic carbocycles. The van der Waals surface area contributed by atoms with E-state index in [0.29, 0.717) is 18.5 Å². The van der Waals surface area contributed by atoms with Gasteiger partial charge in [-0.05, 0) is 31.9 Å². The minimum atomic E-state index is -2.98. The normalized spacial score (nSPS) is 20.4. The van der Waals surface area contributed by atoms with E-state index in [1.54, 1.807) is 4.90 Å². The van der Waals surface area contributed by atoms with Crippen molar-refractivity contribution in [3.8, 4) is 0 Å². The summed E-state index contributed by atoms with van der Waals surface area (Å²) in [6.45, 7) is 4.68. The lowest BCUT2D eigenvalue weighted by molar-refractivity contribution is 0.0694. The Labute approximate surface area is 127 Å². The van der Waals surface area contributed by atoms with Gasteiger partial charge in [0.15, 0.2) is 9.84 Å². The molecule has 21 heavy (non-hydrogen) atoms. The number of carbonyl (C=O) groups excluding carboxylic acids is 1. The Morgan fingerprint density at radius 3 is 2.48 bits per heavy atom. The lowest BCUT2D eigenvalue weighted by Crippen LogP contribution is -2.41. The van der Waals surface area contributed by atoms with Gasteiger partial charge in [0.25, 0.3) is 5.91 Å². The van der Waals surface area contributed by atoms with E-state index >= 15 is 0 Å². The first-order valence-electron chi connectivity index (χ1n) is 7.51. The van der Waals surface area contributed by atoms with E-state index in [2.05, 4.69) is 6.92 Å². The van der Waals surface area contributed by atoms with Gasteiger partial charge < -0.3 is 4.90 Å². The van der Waals surface area contributed by atoms with Gasteiger partial charge in [-0.1, -0.05) is 31.0 Å². The van der Waals surface area contributed by atoms with E-state index in [4.69, 9.17) is 0 Å². The molecule has 1 saturated heterocycles. The number of amides is 1. The lowest BCUT2D eigenvalue weighted by Gasteiger charge is -2.28. The molecule has 0 aliphatic carbocycles. The number of rotatable bonds is 5. The number of benzene rings is 1. The zero-order chi connectivity index (χ0) is 15.5. The topological polar surface area (TPSA) is 54.5 Å². The quantitative estimate of drug-likeness (QED) is 0.839. The predicted molar refractivity (Wildman–Crippen MR) is 84.2 cm³/mol. The van der Waals surface area contributed by atoms with Crippen molar-refractivity contribution in [3.05, 3.63) is 35.4 Å². The summed E-state index contributed by atoms with van der Waals surface area (Å²) in [7, 11) is -2.98. The first-order chi connectivity index (χ1) is 9.93. The van der Waals surface area contributed by atoms with Crippen LogP contribution in [-0.2, 0) is 9.84 Å². The van der Waals surface area contributed by atoms with Crippen molar-refractivity contribution >= 4 is 15.7 Å². The Bertz CT molecular complexity index is 592. The molecule has 0 saturated carbocycles. The minimum Gasteiger partial charge on any atom is -0.335 e. The molecule has 0 N–H and O–H groups in total. The van der Waals surface area contributed by atoms with Crippen LogP contribution in [0.1, 0.15) is 42.1 Å². The number of hydrogen-bond acceptors (Lipinski definition) is 3. The Balaban J connectivity index is 2.19. The van der Waals surface area contributed by atoms with E-state index in [9.17, 15) is 13.2 Å². The fourth-order valence-corrected chi connectivity index (χ4v) is 4.39. The van der Waals surface area contributed by atoms with E-state index in [1.165, 1.54) is 0 Å². The Morgan fingerprint density at radius 1 is 1.29 bits per heavy atom. The number of aryl methyl sites for hydroxylation is 1. The third-order valence-electron chi connectivity index (χ3n) is 3.96. The molecule has 1 fully saturated rings. The molecule has 0 spiro atoms. The summed E-state index contributed by atoms with van der Waals surface area (Å²) < 4.78 is 23.4. The fourth-order valence-electron chi connectivity index (χ4n) is 2.66. The summed E-state index contributed by atoms with van der Waals surface area (Å²) in [5, 5.41) is 0. The van der Waals surface area contributed by atoms with E-state index in [1.807, 2.05) is 31.2 Å². The van der Waals surface area contributed by atoms with E-state index in [-0.39, 0.29) is 23.5 Å². The maximum absolute atomic E-state index is 12.7. The van der Waals surface area contributed by atoms with Crippen LogP contribution in [-0.4, -0.2) is 43.3 Å². The van der Waals surface area contributed by atoms with Crippen LogP contribution in [0.15, 0.2) is 24.3 Å². The second-order valence-corrected chi connectivity index (χ2v) is 8.00. The number of hydrogen-bond donors (Lipinski definition) is 0. The van der Waals surface area contributed by atoms with Crippen LogP contribution in [0.2, 0.25) is 0 Å². The summed E-state index contributed by atoms with van der Waals surface area (Å²) >= 11 is 0. The molecule has 5 heteroatoms. The molecule has 0 aromatic heterocycles. The third kappa shape index (κ3) is 4.06. The molecule has 4 nitrogen and oxygen atoms in total. The molecule has 1 aliphatic rings. The summed E-state index contributed by atoms with van der Waals surface area (Å²) in [4.78, 5) is 14.5. The second kappa shape index (κ2) is 6.60. The van der Waals surface area contributed by atoms with Crippen molar-refractivity contribution in [2.24, 2.45) is 0 Å². The van der Waals surface area contributed by atoms with Crippen molar-refractivity contribution < 1.29 is 13.2 Å². The smallest absolute Gasteiger partial charge is 0.254 e. The number of unbranched alkanes of at least 4 members (excludes halogenated alkanes) is 1. The third-order valence-corrected chi connectivity index (χ3v) is 5.71. The lowest BCUT2D eigenvalue weighted by atomic mass is 10.1. The van der Waals surface area contributed by atoms with Crippen LogP contribution >= 0.6 is 0 Å². The van der Waals surface area contributed by atoms with Gasteiger partial charge in [-0.15, -0.1) is 0 Å². The van der Waals surface area contributed by atoms with Gasteiger partial charge in [0, 0.05) is 18.2 Å². The Morgan fingerprint density at radius 2 is 1.95 bits per heavy atom. The molecular formula is C16H23NO3S. The van der Waals surface area contributed by atoms with Crippen LogP contribution < -0.4 is 0 Å². The van der Waals surface area contributed by atoms with Crippen LogP contribution in [0.25, 0.3) is 0 Å². The van der Waals surface area contributed by atoms with Gasteiger partial charge in [-0.25, -0.2) is 8.42 Å². The zero-order valence-corrected chi connectivity index (χ0v) is 13.5. The molecule has 0 bridgehead atoms. The summed E-state index contributed by atoms with van der Waals surface area (Å²) in [5.41, 5.74) is 1.75. The van der Waals surface area contributed by atoms with Crippen molar-refractivity contribution in [1.29, 1.82) is 0 Å². The van der Waals surface area contributed by atoms with Crippen LogP contribution in [0.3, 0.4) is 0 Å². The molecule has 116 valence electrons. The van der Waals surface area contributed by atoms with Crippen LogP contribution in [0.5, 0.6) is 0 Å². The highest BCUT2D eigenvalue weighted by atomic mass is 32.2. The van der Waals surface area contributed by atoms with Crippen molar-refractivity contribution in [2.45, 2.75) is 39.2 Å². The molecule has 1 amide bonds. The van der Waals surface area contributed by atoms with Crippen LogP contribution in [0, 0.1) is 6.92 Å². The van der Waals surface area contributed by atoms with Gasteiger partial charge in [0.2, 0.25) is 0 Å². The SMILES string of the molecule is CCCCN(C(=O)c1ccc(C)cc1)[C@@H]1CCS(=O)(=O)C1. The van der Waals surface area contributed by atoms with Gasteiger partial charge in [0.05, 0.1) is 11.5 Å². The largest absolute Gasteiger partial charge is 0.335 e. The highest BCUT2D eigenvalue weighted by Gasteiger charge is 2.34. The Kier molecular flexibility index (Phi) is 5.04. The van der Waals surface area contributed by atoms with Gasteiger partial charge >= 0.3 is 0 Å².